The Morgan fingerprint density at radius 1 is 1.32 bits per heavy atom. The molecule has 4 amide bonds. The molecule has 6 nitrogen and oxygen atoms in total. The van der Waals surface area contributed by atoms with Gasteiger partial charge in [-0.05, 0) is 63.1 Å². The van der Waals surface area contributed by atoms with Crippen molar-refractivity contribution in [2.75, 3.05) is 6.54 Å². The van der Waals surface area contributed by atoms with Crippen LogP contribution in [0.5, 0.6) is 0 Å². The molecule has 25 heavy (non-hydrogen) atoms. The lowest BCUT2D eigenvalue weighted by molar-refractivity contribution is -0.135. The molecule has 2 atom stereocenters. The van der Waals surface area contributed by atoms with E-state index in [9.17, 15) is 14.4 Å². The van der Waals surface area contributed by atoms with Crippen LogP contribution in [-0.4, -0.2) is 34.8 Å². The van der Waals surface area contributed by atoms with Crippen LogP contribution in [0.1, 0.15) is 49.4 Å². The van der Waals surface area contributed by atoms with E-state index in [2.05, 4.69) is 10.6 Å². The summed E-state index contributed by atoms with van der Waals surface area (Å²) in [7, 11) is 0. The van der Waals surface area contributed by atoms with E-state index in [1.165, 1.54) is 5.56 Å². The van der Waals surface area contributed by atoms with E-state index in [0.717, 1.165) is 28.9 Å². The Kier molecular flexibility index (Phi) is 4.31. The molecule has 1 aliphatic carbocycles. The van der Waals surface area contributed by atoms with Crippen molar-refractivity contribution in [2.24, 2.45) is 5.92 Å². The minimum absolute atomic E-state index is 0.187. The molecule has 1 saturated carbocycles. The smallest absolute Gasteiger partial charge is 0.325 e. The Hall–Kier alpha value is -2.37. The summed E-state index contributed by atoms with van der Waals surface area (Å²) < 4.78 is 0. The van der Waals surface area contributed by atoms with E-state index >= 15 is 0 Å². The Labute approximate surface area is 148 Å². The van der Waals surface area contributed by atoms with Crippen LogP contribution >= 0.6 is 0 Å². The fourth-order valence-electron chi connectivity index (χ4n) is 3.34. The molecule has 1 heterocycles. The van der Waals surface area contributed by atoms with Crippen LogP contribution in [0.15, 0.2) is 18.2 Å². The standard InChI is InChI=1S/C19H25N3O3/c1-11-5-6-14(9-12(11)2)13(3)20-16(23)10-22-17(24)19(4,15-7-8-15)21-18(22)25/h5-6,9,13,15H,7-8,10H2,1-4H3,(H,20,23)(H,21,25). The van der Waals surface area contributed by atoms with Crippen molar-refractivity contribution < 1.29 is 14.4 Å². The van der Waals surface area contributed by atoms with Crippen molar-refractivity contribution in [1.82, 2.24) is 15.5 Å². The minimum Gasteiger partial charge on any atom is -0.348 e. The van der Waals surface area contributed by atoms with Crippen molar-refractivity contribution >= 4 is 17.8 Å². The Bertz CT molecular complexity index is 741. The fourth-order valence-corrected chi connectivity index (χ4v) is 3.34. The maximum atomic E-state index is 12.6. The molecule has 2 N–H and O–H groups in total. The quantitative estimate of drug-likeness (QED) is 0.805. The molecule has 2 unspecified atom stereocenters. The highest BCUT2D eigenvalue weighted by Crippen LogP contribution is 2.42. The zero-order valence-electron chi connectivity index (χ0n) is 15.2. The SMILES string of the molecule is Cc1ccc(C(C)NC(=O)CN2C(=O)NC(C)(C3CC3)C2=O)cc1C. The van der Waals surface area contributed by atoms with Gasteiger partial charge in [-0.15, -0.1) is 0 Å². The topological polar surface area (TPSA) is 78.5 Å². The van der Waals surface area contributed by atoms with Crippen LogP contribution in [0.25, 0.3) is 0 Å². The predicted molar refractivity (Wildman–Crippen MR) is 93.8 cm³/mol. The number of carbonyl (C=O) groups excluding carboxylic acids is 3. The first-order valence-electron chi connectivity index (χ1n) is 8.73. The number of hydrogen-bond donors (Lipinski definition) is 2. The van der Waals surface area contributed by atoms with Crippen LogP contribution in [0.4, 0.5) is 4.79 Å². The second-order valence-electron chi connectivity index (χ2n) is 7.43. The number of hydrogen-bond acceptors (Lipinski definition) is 3. The van der Waals surface area contributed by atoms with E-state index in [4.69, 9.17) is 0 Å². The van der Waals surface area contributed by atoms with Crippen molar-refractivity contribution in [3.8, 4) is 0 Å². The van der Waals surface area contributed by atoms with Crippen molar-refractivity contribution in [2.45, 2.75) is 52.1 Å². The average Bonchev–Trinajstić information content (AvgIpc) is 3.36. The Morgan fingerprint density at radius 3 is 2.60 bits per heavy atom. The number of carbonyl (C=O) groups is 3. The largest absolute Gasteiger partial charge is 0.348 e. The number of urea groups is 1. The van der Waals surface area contributed by atoms with Gasteiger partial charge in [-0.2, -0.15) is 0 Å². The summed E-state index contributed by atoms with van der Waals surface area (Å²) in [4.78, 5) is 38.0. The normalized spacial score (nSPS) is 24.2. The van der Waals surface area contributed by atoms with Gasteiger partial charge in [0.15, 0.2) is 0 Å². The third-order valence-electron chi connectivity index (χ3n) is 5.41. The molecular weight excluding hydrogens is 318 g/mol. The highest BCUT2D eigenvalue weighted by molar-refractivity contribution is 6.09. The zero-order chi connectivity index (χ0) is 18.4. The fraction of sp³-hybridized carbons (Fsp3) is 0.526. The molecule has 0 radical (unpaired) electrons. The third-order valence-corrected chi connectivity index (χ3v) is 5.41. The Balaban J connectivity index is 1.63. The molecule has 1 aromatic carbocycles. The van der Waals surface area contributed by atoms with Crippen LogP contribution in [-0.2, 0) is 9.59 Å². The zero-order valence-corrected chi connectivity index (χ0v) is 15.2. The van der Waals surface area contributed by atoms with Crippen LogP contribution < -0.4 is 10.6 Å². The number of benzene rings is 1. The third kappa shape index (κ3) is 3.25. The summed E-state index contributed by atoms with van der Waals surface area (Å²) >= 11 is 0. The molecule has 0 aromatic heterocycles. The van der Waals surface area contributed by atoms with Gasteiger partial charge < -0.3 is 10.6 Å². The monoisotopic (exact) mass is 343 g/mol. The summed E-state index contributed by atoms with van der Waals surface area (Å²) in [6.45, 7) is 7.46. The maximum Gasteiger partial charge on any atom is 0.325 e. The number of nitrogens with one attached hydrogen (secondary N) is 2. The van der Waals surface area contributed by atoms with Crippen molar-refractivity contribution in [1.29, 1.82) is 0 Å². The number of rotatable bonds is 5. The van der Waals surface area contributed by atoms with Gasteiger partial charge in [0, 0.05) is 0 Å². The van der Waals surface area contributed by atoms with E-state index in [-0.39, 0.29) is 30.3 Å². The molecule has 1 aromatic rings. The number of imide groups is 1. The van der Waals surface area contributed by atoms with E-state index < -0.39 is 11.6 Å². The molecular formula is C19H25N3O3. The summed E-state index contributed by atoms with van der Waals surface area (Å²) in [5, 5.41) is 5.62. The summed E-state index contributed by atoms with van der Waals surface area (Å²) in [5.74, 6) is -0.449. The predicted octanol–water partition coefficient (Wildman–Crippen LogP) is 2.20. The van der Waals surface area contributed by atoms with E-state index in [1.54, 1.807) is 6.92 Å². The maximum absolute atomic E-state index is 12.6. The second-order valence-corrected chi connectivity index (χ2v) is 7.43. The highest BCUT2D eigenvalue weighted by atomic mass is 16.2. The van der Waals surface area contributed by atoms with Crippen molar-refractivity contribution in [3.05, 3.63) is 34.9 Å². The highest BCUT2D eigenvalue weighted by Gasteiger charge is 2.56. The molecule has 6 heteroatoms. The van der Waals surface area contributed by atoms with Gasteiger partial charge in [0.05, 0.1) is 6.04 Å². The molecule has 2 aliphatic rings. The van der Waals surface area contributed by atoms with Crippen molar-refractivity contribution in [3.63, 3.8) is 0 Å². The van der Waals surface area contributed by atoms with Gasteiger partial charge in [-0.3, -0.25) is 14.5 Å². The molecule has 3 rings (SSSR count). The Morgan fingerprint density at radius 2 is 2.00 bits per heavy atom. The number of amides is 4. The molecule has 134 valence electrons. The van der Waals surface area contributed by atoms with Crippen LogP contribution in [0.3, 0.4) is 0 Å². The first kappa shape index (κ1) is 17.5. The first-order valence-corrected chi connectivity index (χ1v) is 8.73. The van der Waals surface area contributed by atoms with E-state index in [0.29, 0.717) is 0 Å². The lowest BCUT2D eigenvalue weighted by atomic mass is 9.96. The van der Waals surface area contributed by atoms with Gasteiger partial charge in [-0.25, -0.2) is 4.79 Å². The van der Waals surface area contributed by atoms with Gasteiger partial charge in [0.25, 0.3) is 5.91 Å². The lowest BCUT2D eigenvalue weighted by Gasteiger charge is -2.21. The van der Waals surface area contributed by atoms with Gasteiger partial charge in [0.2, 0.25) is 5.91 Å². The second kappa shape index (κ2) is 6.17. The van der Waals surface area contributed by atoms with Gasteiger partial charge >= 0.3 is 6.03 Å². The summed E-state index contributed by atoms with van der Waals surface area (Å²) in [5.41, 5.74) is 2.50. The molecule has 1 saturated heterocycles. The van der Waals surface area contributed by atoms with Gasteiger partial charge in [-0.1, -0.05) is 18.2 Å². The summed E-state index contributed by atoms with van der Waals surface area (Å²) in [6.07, 6.45) is 1.87. The molecule has 2 fully saturated rings. The van der Waals surface area contributed by atoms with Crippen LogP contribution in [0.2, 0.25) is 0 Å². The molecule has 1 aliphatic heterocycles. The minimum atomic E-state index is -0.850. The lowest BCUT2D eigenvalue weighted by Crippen LogP contribution is -2.47. The molecule has 0 spiro atoms. The van der Waals surface area contributed by atoms with E-state index in [1.807, 2.05) is 39.0 Å². The summed E-state index contributed by atoms with van der Waals surface area (Å²) in [6, 6.07) is 5.37. The average molecular weight is 343 g/mol. The molecule has 0 bridgehead atoms. The number of nitrogens with zero attached hydrogens (tertiary/aromatic N) is 1. The van der Waals surface area contributed by atoms with Crippen LogP contribution in [0, 0.1) is 19.8 Å². The first-order chi connectivity index (χ1) is 11.7. The number of aryl methyl sites for hydroxylation is 2. The van der Waals surface area contributed by atoms with Gasteiger partial charge in [0.1, 0.15) is 12.1 Å².